The predicted octanol–water partition coefficient (Wildman–Crippen LogP) is 4.54. The Labute approximate surface area is 152 Å². The van der Waals surface area contributed by atoms with Gasteiger partial charge in [0.25, 0.3) is 0 Å². The van der Waals surface area contributed by atoms with E-state index in [0.29, 0.717) is 18.0 Å². The van der Waals surface area contributed by atoms with Crippen molar-refractivity contribution < 1.29 is 4.79 Å². The van der Waals surface area contributed by atoms with E-state index in [0.717, 1.165) is 34.7 Å². The van der Waals surface area contributed by atoms with Gasteiger partial charge >= 0.3 is 0 Å². The van der Waals surface area contributed by atoms with Crippen LogP contribution in [0.1, 0.15) is 30.7 Å². The van der Waals surface area contributed by atoms with Crippen molar-refractivity contribution in [3.05, 3.63) is 58.9 Å². The molecule has 3 aromatic rings. The Balaban J connectivity index is 1.69. The maximum atomic E-state index is 12.6. The minimum Gasteiger partial charge on any atom is -0.328 e. The fraction of sp³-hybridized carbons (Fsp3) is 0.300. The molecule has 25 heavy (non-hydrogen) atoms. The Morgan fingerprint density at radius 3 is 2.80 bits per heavy atom. The van der Waals surface area contributed by atoms with Crippen LogP contribution in [0.25, 0.3) is 11.0 Å². The second-order valence-electron chi connectivity index (χ2n) is 6.54. The highest BCUT2D eigenvalue weighted by Crippen LogP contribution is 2.34. The molecule has 0 saturated carbocycles. The number of fused-ring (bicyclic) bond motifs is 1. The van der Waals surface area contributed by atoms with Crippen molar-refractivity contribution in [1.82, 2.24) is 9.55 Å². The minimum absolute atomic E-state index is 0.0972. The molecular formula is C20H20ClN3O. The van der Waals surface area contributed by atoms with Gasteiger partial charge in [0.15, 0.2) is 0 Å². The molecule has 0 N–H and O–H groups in total. The second-order valence-corrected chi connectivity index (χ2v) is 6.95. The SMILES string of the molecule is CCn1c([C@H]2CC(=O)N(c3ccc(C)c(Cl)c3)C2)nc2ccccc21. The lowest BCUT2D eigenvalue weighted by atomic mass is 10.1. The van der Waals surface area contributed by atoms with Gasteiger partial charge in [-0.25, -0.2) is 4.98 Å². The molecule has 2 heterocycles. The number of hydrogen-bond acceptors (Lipinski definition) is 2. The van der Waals surface area contributed by atoms with E-state index in [-0.39, 0.29) is 11.8 Å². The summed E-state index contributed by atoms with van der Waals surface area (Å²) in [7, 11) is 0. The summed E-state index contributed by atoms with van der Waals surface area (Å²) in [6, 6.07) is 13.9. The number of carbonyl (C=O) groups excluding carboxylic acids is 1. The molecule has 1 aliphatic rings. The van der Waals surface area contributed by atoms with Gasteiger partial charge < -0.3 is 9.47 Å². The third-order valence-electron chi connectivity index (χ3n) is 4.96. The smallest absolute Gasteiger partial charge is 0.227 e. The van der Waals surface area contributed by atoms with Gasteiger partial charge in [-0.2, -0.15) is 0 Å². The second kappa shape index (κ2) is 6.19. The highest BCUT2D eigenvalue weighted by atomic mass is 35.5. The molecule has 5 heteroatoms. The molecule has 0 spiro atoms. The van der Waals surface area contributed by atoms with Crippen molar-refractivity contribution in [2.24, 2.45) is 0 Å². The Hall–Kier alpha value is -2.33. The van der Waals surface area contributed by atoms with Gasteiger partial charge in [-0.05, 0) is 43.7 Å². The van der Waals surface area contributed by atoms with Crippen molar-refractivity contribution in [2.75, 3.05) is 11.4 Å². The first-order valence-electron chi connectivity index (χ1n) is 8.60. The van der Waals surface area contributed by atoms with Crippen molar-refractivity contribution in [3.8, 4) is 0 Å². The van der Waals surface area contributed by atoms with Gasteiger partial charge in [-0.1, -0.05) is 29.8 Å². The monoisotopic (exact) mass is 353 g/mol. The Morgan fingerprint density at radius 2 is 2.04 bits per heavy atom. The van der Waals surface area contributed by atoms with Gasteiger partial charge in [0.05, 0.1) is 11.0 Å². The average Bonchev–Trinajstić information content (AvgIpc) is 3.17. The summed E-state index contributed by atoms with van der Waals surface area (Å²) in [4.78, 5) is 19.3. The summed E-state index contributed by atoms with van der Waals surface area (Å²) in [5.41, 5.74) is 4.00. The predicted molar refractivity (Wildman–Crippen MR) is 101 cm³/mol. The molecule has 1 aromatic heterocycles. The van der Waals surface area contributed by atoms with Gasteiger partial charge in [-0.15, -0.1) is 0 Å². The summed E-state index contributed by atoms with van der Waals surface area (Å²) < 4.78 is 2.22. The first kappa shape index (κ1) is 16.2. The highest BCUT2D eigenvalue weighted by molar-refractivity contribution is 6.31. The zero-order valence-corrected chi connectivity index (χ0v) is 15.1. The van der Waals surface area contributed by atoms with Crippen LogP contribution in [-0.4, -0.2) is 22.0 Å². The maximum Gasteiger partial charge on any atom is 0.227 e. The number of para-hydroxylation sites is 2. The van der Waals surface area contributed by atoms with E-state index in [1.165, 1.54) is 0 Å². The Bertz CT molecular complexity index is 963. The summed E-state index contributed by atoms with van der Waals surface area (Å²) in [5, 5.41) is 0.689. The van der Waals surface area contributed by atoms with Gasteiger partial charge in [0.2, 0.25) is 5.91 Å². The number of benzene rings is 2. The fourth-order valence-corrected chi connectivity index (χ4v) is 3.79. The van der Waals surface area contributed by atoms with E-state index in [1.807, 2.05) is 48.2 Å². The Morgan fingerprint density at radius 1 is 1.24 bits per heavy atom. The molecule has 0 unspecified atom stereocenters. The molecule has 128 valence electrons. The van der Waals surface area contributed by atoms with Crippen LogP contribution in [0.15, 0.2) is 42.5 Å². The van der Waals surface area contributed by atoms with E-state index in [2.05, 4.69) is 17.6 Å². The first-order chi connectivity index (χ1) is 12.1. The van der Waals surface area contributed by atoms with Crippen LogP contribution in [0.2, 0.25) is 5.02 Å². The van der Waals surface area contributed by atoms with Crippen LogP contribution in [0, 0.1) is 6.92 Å². The molecule has 2 aromatic carbocycles. The van der Waals surface area contributed by atoms with E-state index < -0.39 is 0 Å². The number of aryl methyl sites for hydroxylation is 2. The molecule has 0 aliphatic carbocycles. The summed E-state index contributed by atoms with van der Waals surface area (Å²) in [5.74, 6) is 1.22. The zero-order valence-electron chi connectivity index (χ0n) is 14.4. The van der Waals surface area contributed by atoms with E-state index in [9.17, 15) is 4.79 Å². The van der Waals surface area contributed by atoms with Crippen LogP contribution in [0.5, 0.6) is 0 Å². The van der Waals surface area contributed by atoms with Crippen molar-refractivity contribution >= 4 is 34.2 Å². The van der Waals surface area contributed by atoms with Crippen LogP contribution in [0.4, 0.5) is 5.69 Å². The normalized spacial score (nSPS) is 17.6. The van der Waals surface area contributed by atoms with E-state index >= 15 is 0 Å². The van der Waals surface area contributed by atoms with Crippen LogP contribution >= 0.6 is 11.6 Å². The average molecular weight is 354 g/mol. The number of amides is 1. The van der Waals surface area contributed by atoms with Crippen LogP contribution in [0.3, 0.4) is 0 Å². The van der Waals surface area contributed by atoms with Gasteiger partial charge in [-0.3, -0.25) is 4.79 Å². The third-order valence-corrected chi connectivity index (χ3v) is 5.36. The number of halogens is 1. The molecular weight excluding hydrogens is 334 g/mol. The molecule has 0 radical (unpaired) electrons. The molecule has 1 aliphatic heterocycles. The third kappa shape index (κ3) is 2.71. The molecule has 4 rings (SSSR count). The maximum absolute atomic E-state index is 12.6. The summed E-state index contributed by atoms with van der Waals surface area (Å²) >= 11 is 6.24. The largest absolute Gasteiger partial charge is 0.328 e. The lowest BCUT2D eigenvalue weighted by molar-refractivity contribution is -0.117. The molecule has 1 atom stereocenters. The van der Waals surface area contributed by atoms with Gasteiger partial charge in [0, 0.05) is 36.1 Å². The number of imidazole rings is 1. The van der Waals surface area contributed by atoms with Crippen molar-refractivity contribution in [2.45, 2.75) is 32.7 Å². The standard InChI is InChI=1S/C20H20ClN3O/c1-3-23-18-7-5-4-6-17(18)22-20(23)14-10-19(25)24(12-14)15-9-8-13(2)16(21)11-15/h4-9,11,14H,3,10,12H2,1-2H3/t14-/m0/s1. The van der Waals surface area contributed by atoms with E-state index in [4.69, 9.17) is 16.6 Å². The number of nitrogens with zero attached hydrogens (tertiary/aromatic N) is 3. The number of aromatic nitrogens is 2. The molecule has 4 nitrogen and oxygen atoms in total. The van der Waals surface area contributed by atoms with E-state index in [1.54, 1.807) is 0 Å². The highest BCUT2D eigenvalue weighted by Gasteiger charge is 2.34. The summed E-state index contributed by atoms with van der Waals surface area (Å²) in [6.07, 6.45) is 0.481. The summed E-state index contributed by atoms with van der Waals surface area (Å²) in [6.45, 7) is 5.56. The molecule has 0 bridgehead atoms. The minimum atomic E-state index is 0.0972. The fourth-order valence-electron chi connectivity index (χ4n) is 3.62. The number of rotatable bonds is 3. The molecule has 1 saturated heterocycles. The molecule has 1 fully saturated rings. The van der Waals surface area contributed by atoms with Crippen molar-refractivity contribution in [3.63, 3.8) is 0 Å². The quantitative estimate of drug-likeness (QED) is 0.693. The topological polar surface area (TPSA) is 38.1 Å². The van der Waals surface area contributed by atoms with Crippen LogP contribution in [-0.2, 0) is 11.3 Å². The molecule has 1 amide bonds. The zero-order chi connectivity index (χ0) is 17.6. The lowest BCUT2D eigenvalue weighted by Gasteiger charge is -2.18. The first-order valence-corrected chi connectivity index (χ1v) is 8.98. The number of anilines is 1. The van der Waals surface area contributed by atoms with Crippen LogP contribution < -0.4 is 4.90 Å². The Kier molecular flexibility index (Phi) is 4.00. The number of hydrogen-bond donors (Lipinski definition) is 0. The van der Waals surface area contributed by atoms with Crippen molar-refractivity contribution in [1.29, 1.82) is 0 Å². The number of carbonyl (C=O) groups is 1. The van der Waals surface area contributed by atoms with Gasteiger partial charge in [0.1, 0.15) is 5.82 Å². The lowest BCUT2D eigenvalue weighted by Crippen LogP contribution is -2.24.